The van der Waals surface area contributed by atoms with Crippen LogP contribution < -0.4 is 5.32 Å². The molecule has 2 heterocycles. The molecule has 0 bridgehead atoms. The zero-order chi connectivity index (χ0) is 19.9. The van der Waals surface area contributed by atoms with Gasteiger partial charge in [-0.3, -0.25) is 10.1 Å². The van der Waals surface area contributed by atoms with Crippen LogP contribution in [0.15, 0.2) is 34.9 Å². The minimum absolute atomic E-state index is 0.0225. The molecule has 0 spiro atoms. The van der Waals surface area contributed by atoms with Crippen LogP contribution in [0.4, 0.5) is 19.1 Å². The maximum atomic E-state index is 13.4. The first-order valence-corrected chi connectivity index (χ1v) is 8.21. The fourth-order valence-electron chi connectivity index (χ4n) is 2.97. The van der Waals surface area contributed by atoms with E-state index in [4.69, 9.17) is 4.52 Å². The zero-order valence-electron chi connectivity index (χ0n) is 15.2. The van der Waals surface area contributed by atoms with E-state index in [-0.39, 0.29) is 17.1 Å². The normalized spacial score (nSPS) is 11.7. The molecule has 0 unspecified atom stereocenters. The third-order valence-electron chi connectivity index (χ3n) is 4.51. The summed E-state index contributed by atoms with van der Waals surface area (Å²) in [6, 6.07) is 6.83. The summed E-state index contributed by atoms with van der Waals surface area (Å²) >= 11 is 0. The molecule has 5 nitrogen and oxygen atoms in total. The number of amides is 1. The summed E-state index contributed by atoms with van der Waals surface area (Å²) in [7, 11) is 0. The van der Waals surface area contributed by atoms with Gasteiger partial charge in [-0.1, -0.05) is 17.3 Å². The van der Waals surface area contributed by atoms with Crippen molar-refractivity contribution in [2.75, 3.05) is 5.32 Å². The number of nitrogens with zero attached hydrogens (tertiary/aromatic N) is 2. The molecule has 1 amide bonds. The maximum absolute atomic E-state index is 13.4. The van der Waals surface area contributed by atoms with Gasteiger partial charge in [-0.05, 0) is 45.9 Å². The van der Waals surface area contributed by atoms with E-state index in [1.807, 2.05) is 0 Å². The SMILES string of the molecule is Cc1noc(NC(=O)c2cc(C)n(-c3ccccc3C(F)(F)F)c2C)c1C. The predicted molar refractivity (Wildman–Crippen MR) is 94.2 cm³/mol. The number of nitrogens with one attached hydrogen (secondary N) is 1. The largest absolute Gasteiger partial charge is 0.418 e. The molecule has 0 fully saturated rings. The van der Waals surface area contributed by atoms with Crippen LogP contribution in [-0.2, 0) is 6.18 Å². The van der Waals surface area contributed by atoms with Crippen molar-refractivity contribution in [2.45, 2.75) is 33.9 Å². The Hall–Kier alpha value is -3.03. The highest BCUT2D eigenvalue weighted by atomic mass is 19.4. The van der Waals surface area contributed by atoms with Crippen LogP contribution in [0.3, 0.4) is 0 Å². The van der Waals surface area contributed by atoms with Crippen molar-refractivity contribution in [2.24, 2.45) is 0 Å². The summed E-state index contributed by atoms with van der Waals surface area (Å²) in [5.74, 6) is -0.254. The number of aryl methyl sites for hydroxylation is 2. The van der Waals surface area contributed by atoms with Crippen molar-refractivity contribution in [3.8, 4) is 5.69 Å². The molecule has 2 aromatic heterocycles. The molecule has 0 aliphatic carbocycles. The fourth-order valence-corrected chi connectivity index (χ4v) is 2.97. The van der Waals surface area contributed by atoms with E-state index in [1.165, 1.54) is 22.8 Å². The van der Waals surface area contributed by atoms with Crippen LogP contribution in [0.5, 0.6) is 0 Å². The van der Waals surface area contributed by atoms with E-state index in [2.05, 4.69) is 10.5 Å². The summed E-state index contributed by atoms with van der Waals surface area (Å²) in [6.45, 7) is 6.76. The van der Waals surface area contributed by atoms with Crippen molar-refractivity contribution in [1.29, 1.82) is 0 Å². The highest BCUT2D eigenvalue weighted by Gasteiger charge is 2.34. The summed E-state index contributed by atoms with van der Waals surface area (Å²) in [4.78, 5) is 12.6. The average Bonchev–Trinajstić information content (AvgIpc) is 3.07. The number of carbonyl (C=O) groups is 1. The summed E-state index contributed by atoms with van der Waals surface area (Å²) in [5.41, 5.74) is 1.73. The quantitative estimate of drug-likeness (QED) is 0.701. The van der Waals surface area contributed by atoms with Crippen LogP contribution in [0.25, 0.3) is 5.69 Å². The van der Waals surface area contributed by atoms with E-state index < -0.39 is 17.6 Å². The lowest BCUT2D eigenvalue weighted by molar-refractivity contribution is -0.137. The molecule has 3 aromatic rings. The monoisotopic (exact) mass is 377 g/mol. The van der Waals surface area contributed by atoms with Crippen LogP contribution in [0.1, 0.15) is 38.6 Å². The number of halogens is 3. The molecule has 0 atom stereocenters. The van der Waals surface area contributed by atoms with E-state index >= 15 is 0 Å². The molecule has 3 rings (SSSR count). The average molecular weight is 377 g/mol. The van der Waals surface area contributed by atoms with Crippen molar-refractivity contribution < 1.29 is 22.5 Å². The van der Waals surface area contributed by atoms with Gasteiger partial charge in [0.05, 0.1) is 22.5 Å². The van der Waals surface area contributed by atoms with Crippen molar-refractivity contribution in [3.63, 3.8) is 0 Å². The second-order valence-corrected chi connectivity index (χ2v) is 6.31. The first kappa shape index (κ1) is 18.8. The molecule has 8 heteroatoms. The van der Waals surface area contributed by atoms with Gasteiger partial charge in [0, 0.05) is 17.0 Å². The van der Waals surface area contributed by atoms with E-state index in [0.29, 0.717) is 22.6 Å². The van der Waals surface area contributed by atoms with E-state index in [0.717, 1.165) is 6.07 Å². The molecule has 142 valence electrons. The second-order valence-electron chi connectivity index (χ2n) is 6.31. The minimum atomic E-state index is -4.50. The Bertz CT molecular complexity index is 1020. The Morgan fingerprint density at radius 1 is 1.15 bits per heavy atom. The van der Waals surface area contributed by atoms with Gasteiger partial charge in [0.2, 0.25) is 5.88 Å². The van der Waals surface area contributed by atoms with Crippen molar-refractivity contribution in [3.05, 3.63) is 64.1 Å². The number of carbonyl (C=O) groups excluding carboxylic acids is 1. The Morgan fingerprint density at radius 2 is 1.81 bits per heavy atom. The van der Waals surface area contributed by atoms with Gasteiger partial charge < -0.3 is 9.09 Å². The lowest BCUT2D eigenvalue weighted by atomic mass is 10.1. The topological polar surface area (TPSA) is 60.1 Å². The first-order valence-electron chi connectivity index (χ1n) is 8.21. The van der Waals surface area contributed by atoms with Gasteiger partial charge >= 0.3 is 6.18 Å². The maximum Gasteiger partial charge on any atom is 0.418 e. The molecule has 0 aliphatic heterocycles. The molecule has 1 N–H and O–H groups in total. The predicted octanol–water partition coefficient (Wildman–Crippen LogP) is 4.97. The molecule has 0 saturated heterocycles. The lowest BCUT2D eigenvalue weighted by Gasteiger charge is -2.16. The number of hydrogen-bond acceptors (Lipinski definition) is 3. The van der Waals surface area contributed by atoms with Gasteiger partial charge in [-0.2, -0.15) is 13.2 Å². The molecule has 0 radical (unpaired) electrons. The van der Waals surface area contributed by atoms with Gasteiger partial charge in [0.15, 0.2) is 0 Å². The molecular weight excluding hydrogens is 359 g/mol. The molecule has 27 heavy (non-hydrogen) atoms. The molecule has 0 saturated carbocycles. The fraction of sp³-hybridized carbons (Fsp3) is 0.263. The van der Waals surface area contributed by atoms with Crippen LogP contribution in [0.2, 0.25) is 0 Å². The summed E-state index contributed by atoms with van der Waals surface area (Å²) in [6.07, 6.45) is -4.50. The van der Waals surface area contributed by atoms with Crippen molar-refractivity contribution >= 4 is 11.8 Å². The van der Waals surface area contributed by atoms with Crippen LogP contribution in [0, 0.1) is 27.7 Å². The summed E-state index contributed by atoms with van der Waals surface area (Å²) < 4.78 is 46.7. The molecule has 0 aliphatic rings. The van der Waals surface area contributed by atoms with E-state index in [1.54, 1.807) is 33.8 Å². The Kier molecular flexibility index (Phi) is 4.59. The van der Waals surface area contributed by atoms with Gasteiger partial charge in [0.1, 0.15) is 0 Å². The van der Waals surface area contributed by atoms with Gasteiger partial charge in [0.25, 0.3) is 5.91 Å². The number of hydrogen-bond donors (Lipinski definition) is 1. The van der Waals surface area contributed by atoms with E-state index in [9.17, 15) is 18.0 Å². The molecular formula is C19H18F3N3O2. The Morgan fingerprint density at radius 3 is 2.41 bits per heavy atom. The number of para-hydroxylation sites is 1. The third-order valence-corrected chi connectivity index (χ3v) is 4.51. The number of rotatable bonds is 3. The van der Waals surface area contributed by atoms with Gasteiger partial charge in [-0.15, -0.1) is 0 Å². The minimum Gasteiger partial charge on any atom is -0.338 e. The number of anilines is 1. The van der Waals surface area contributed by atoms with Gasteiger partial charge in [-0.25, -0.2) is 0 Å². The number of alkyl halides is 3. The van der Waals surface area contributed by atoms with Crippen LogP contribution >= 0.6 is 0 Å². The summed E-state index contributed by atoms with van der Waals surface area (Å²) in [5, 5.41) is 6.40. The van der Waals surface area contributed by atoms with Crippen molar-refractivity contribution in [1.82, 2.24) is 9.72 Å². The molecule has 1 aromatic carbocycles. The standard InChI is InChI=1S/C19H18F3N3O2/c1-10-9-14(17(26)23-18-11(2)12(3)24-27-18)13(4)25(10)16-8-6-5-7-15(16)19(20,21)22/h5-9H,1-4H3,(H,23,26). The second kappa shape index (κ2) is 6.61. The smallest absolute Gasteiger partial charge is 0.338 e. The number of benzene rings is 1. The lowest BCUT2D eigenvalue weighted by Crippen LogP contribution is -2.15. The Labute approximate surface area is 153 Å². The zero-order valence-corrected chi connectivity index (χ0v) is 15.2. The third kappa shape index (κ3) is 3.34. The van der Waals surface area contributed by atoms with Crippen LogP contribution in [-0.4, -0.2) is 15.6 Å². The first-order chi connectivity index (χ1) is 12.6. The highest BCUT2D eigenvalue weighted by Crippen LogP contribution is 2.35. The highest BCUT2D eigenvalue weighted by molar-refractivity contribution is 6.05. The number of aromatic nitrogens is 2. The Balaban J connectivity index is 2.04.